The Kier molecular flexibility index (Phi) is 8.55. The predicted molar refractivity (Wildman–Crippen MR) is 98.1 cm³/mol. The number of benzene rings is 1. The zero-order chi connectivity index (χ0) is 18.9. The second-order valence-corrected chi connectivity index (χ2v) is 7.09. The molecule has 0 unspecified atom stereocenters. The molecule has 25 heavy (non-hydrogen) atoms. The number of likely N-dealkylation sites (N-methyl/N-ethyl adjacent to an activating group) is 1. The molecule has 6 nitrogen and oxygen atoms in total. The van der Waals surface area contributed by atoms with Gasteiger partial charge < -0.3 is 19.7 Å². The number of hydrogen-bond donors (Lipinski definition) is 1. The van der Waals surface area contributed by atoms with Gasteiger partial charge in [0.15, 0.2) is 0 Å². The lowest BCUT2D eigenvalue weighted by Crippen LogP contribution is -2.34. The molecule has 0 spiro atoms. The molecule has 0 saturated carbocycles. The molecule has 0 atom stereocenters. The average molecular weight is 371 g/mol. The van der Waals surface area contributed by atoms with E-state index >= 15 is 0 Å². The number of amides is 2. The van der Waals surface area contributed by atoms with Crippen molar-refractivity contribution in [3.05, 3.63) is 29.3 Å². The number of halogens is 1. The summed E-state index contributed by atoms with van der Waals surface area (Å²) in [5.41, 5.74) is -0.525. The van der Waals surface area contributed by atoms with Crippen molar-refractivity contribution in [2.24, 2.45) is 0 Å². The van der Waals surface area contributed by atoms with Crippen LogP contribution in [-0.2, 0) is 9.53 Å². The van der Waals surface area contributed by atoms with Gasteiger partial charge in [0.25, 0.3) is 0 Å². The van der Waals surface area contributed by atoms with Gasteiger partial charge in [-0.1, -0.05) is 17.7 Å². The molecule has 0 bridgehead atoms. The van der Waals surface area contributed by atoms with Crippen molar-refractivity contribution in [1.82, 2.24) is 10.2 Å². The van der Waals surface area contributed by atoms with Gasteiger partial charge in [-0.05, 0) is 45.4 Å². The SMILES string of the molecule is CN(CCOc1cccc(Cl)c1)C(=O)CCCNC(=O)OC(C)(C)C. The van der Waals surface area contributed by atoms with Crippen molar-refractivity contribution in [3.63, 3.8) is 0 Å². The fraction of sp³-hybridized carbons (Fsp3) is 0.556. The minimum atomic E-state index is -0.525. The highest BCUT2D eigenvalue weighted by molar-refractivity contribution is 6.30. The van der Waals surface area contributed by atoms with Crippen molar-refractivity contribution in [1.29, 1.82) is 0 Å². The largest absolute Gasteiger partial charge is 0.492 e. The fourth-order valence-corrected chi connectivity index (χ4v) is 2.10. The molecule has 0 aliphatic heterocycles. The van der Waals surface area contributed by atoms with Crippen molar-refractivity contribution >= 4 is 23.6 Å². The van der Waals surface area contributed by atoms with Crippen molar-refractivity contribution in [2.75, 3.05) is 26.7 Å². The molecule has 1 aromatic rings. The molecule has 0 saturated heterocycles. The van der Waals surface area contributed by atoms with Gasteiger partial charge in [0.05, 0.1) is 6.54 Å². The van der Waals surface area contributed by atoms with Crippen LogP contribution in [0.4, 0.5) is 4.79 Å². The lowest BCUT2D eigenvalue weighted by Gasteiger charge is -2.20. The standard InChI is InChI=1S/C18H27ClN2O4/c1-18(2,3)25-17(23)20-10-6-9-16(22)21(4)11-12-24-15-8-5-7-14(19)13-15/h5,7-8,13H,6,9-12H2,1-4H3,(H,20,23). The molecule has 1 N–H and O–H groups in total. The summed E-state index contributed by atoms with van der Waals surface area (Å²) >= 11 is 5.88. The summed E-state index contributed by atoms with van der Waals surface area (Å²) in [5.74, 6) is 0.676. The summed E-state index contributed by atoms with van der Waals surface area (Å²) in [5, 5.41) is 3.24. The van der Waals surface area contributed by atoms with Gasteiger partial charge in [0.1, 0.15) is 18.0 Å². The maximum absolute atomic E-state index is 12.0. The first kappa shape index (κ1) is 21.1. The Morgan fingerprint density at radius 3 is 2.64 bits per heavy atom. The van der Waals surface area contributed by atoms with Gasteiger partial charge in [-0.15, -0.1) is 0 Å². The molecule has 0 aliphatic carbocycles. The Labute approximate surface area is 154 Å². The number of nitrogens with one attached hydrogen (secondary N) is 1. The maximum Gasteiger partial charge on any atom is 0.407 e. The summed E-state index contributed by atoms with van der Waals surface area (Å²) in [6, 6.07) is 7.13. The summed E-state index contributed by atoms with van der Waals surface area (Å²) in [6.07, 6.45) is 0.435. The van der Waals surface area contributed by atoms with Crippen LogP contribution < -0.4 is 10.1 Å². The zero-order valence-corrected chi connectivity index (χ0v) is 16.1. The van der Waals surface area contributed by atoms with Crippen LogP contribution in [0.25, 0.3) is 0 Å². The first-order chi connectivity index (χ1) is 11.7. The molecular weight excluding hydrogens is 344 g/mol. The summed E-state index contributed by atoms with van der Waals surface area (Å²) in [4.78, 5) is 25.1. The zero-order valence-electron chi connectivity index (χ0n) is 15.3. The number of hydrogen-bond acceptors (Lipinski definition) is 4. The Hall–Kier alpha value is -1.95. The quantitative estimate of drug-likeness (QED) is 0.711. The molecule has 7 heteroatoms. The molecule has 0 aromatic heterocycles. The van der Waals surface area contributed by atoms with Crippen molar-refractivity contribution < 1.29 is 19.1 Å². The highest BCUT2D eigenvalue weighted by Gasteiger charge is 2.15. The monoisotopic (exact) mass is 370 g/mol. The number of carbonyl (C=O) groups excluding carboxylic acids is 2. The summed E-state index contributed by atoms with van der Waals surface area (Å²) in [7, 11) is 1.73. The minimum absolute atomic E-state index is 0.000632. The van der Waals surface area contributed by atoms with Crippen LogP contribution in [-0.4, -0.2) is 49.2 Å². The normalized spacial score (nSPS) is 10.9. The first-order valence-corrected chi connectivity index (χ1v) is 8.64. The lowest BCUT2D eigenvalue weighted by molar-refractivity contribution is -0.130. The van der Waals surface area contributed by atoms with E-state index in [0.717, 1.165) is 0 Å². The van der Waals surface area contributed by atoms with Crippen LogP contribution in [0.3, 0.4) is 0 Å². The molecule has 140 valence electrons. The molecule has 2 amide bonds. The summed E-state index contributed by atoms with van der Waals surface area (Å²) in [6.45, 7) is 6.67. The highest BCUT2D eigenvalue weighted by Crippen LogP contribution is 2.16. The number of nitrogens with zero attached hydrogens (tertiary/aromatic N) is 1. The predicted octanol–water partition coefficient (Wildman–Crippen LogP) is 3.48. The van der Waals surface area contributed by atoms with Gasteiger partial charge in [-0.3, -0.25) is 4.79 Å². The second kappa shape index (κ2) is 10.1. The lowest BCUT2D eigenvalue weighted by atomic mass is 10.2. The Bertz CT molecular complexity index is 572. The Balaban J connectivity index is 2.16. The Morgan fingerprint density at radius 1 is 1.28 bits per heavy atom. The van der Waals surface area contributed by atoms with Gasteiger partial charge in [0.2, 0.25) is 5.91 Å². The molecule has 0 aliphatic rings. The van der Waals surface area contributed by atoms with E-state index in [-0.39, 0.29) is 5.91 Å². The molecule has 1 rings (SSSR count). The van der Waals surface area contributed by atoms with E-state index in [1.165, 1.54) is 0 Å². The van der Waals surface area contributed by atoms with E-state index in [9.17, 15) is 9.59 Å². The molecular formula is C18H27ClN2O4. The maximum atomic E-state index is 12.0. The topological polar surface area (TPSA) is 67.9 Å². The van der Waals surface area contributed by atoms with E-state index in [2.05, 4.69) is 5.32 Å². The number of ether oxygens (including phenoxy) is 2. The van der Waals surface area contributed by atoms with Crippen LogP contribution in [0.15, 0.2) is 24.3 Å². The van der Waals surface area contributed by atoms with Gasteiger partial charge >= 0.3 is 6.09 Å². The molecule has 1 aromatic carbocycles. The van der Waals surface area contributed by atoms with E-state index in [1.807, 2.05) is 12.1 Å². The first-order valence-electron chi connectivity index (χ1n) is 8.26. The molecule has 0 heterocycles. The number of rotatable bonds is 8. The highest BCUT2D eigenvalue weighted by atomic mass is 35.5. The Morgan fingerprint density at radius 2 is 2.00 bits per heavy atom. The molecule has 0 fully saturated rings. The third-order valence-corrected chi connectivity index (χ3v) is 3.39. The average Bonchev–Trinajstić information content (AvgIpc) is 2.49. The fourth-order valence-electron chi connectivity index (χ4n) is 1.92. The third-order valence-electron chi connectivity index (χ3n) is 3.15. The number of carbonyl (C=O) groups is 2. The van der Waals surface area contributed by atoms with E-state index in [4.69, 9.17) is 21.1 Å². The third kappa shape index (κ3) is 9.82. The minimum Gasteiger partial charge on any atom is -0.492 e. The van der Waals surface area contributed by atoms with Crippen LogP contribution >= 0.6 is 11.6 Å². The van der Waals surface area contributed by atoms with E-state index in [1.54, 1.807) is 44.9 Å². The van der Waals surface area contributed by atoms with Gasteiger partial charge in [-0.25, -0.2) is 4.79 Å². The van der Waals surface area contributed by atoms with Crippen LogP contribution in [0.1, 0.15) is 33.6 Å². The van der Waals surface area contributed by atoms with E-state index < -0.39 is 11.7 Å². The summed E-state index contributed by atoms with van der Waals surface area (Å²) < 4.78 is 10.7. The van der Waals surface area contributed by atoms with Crippen LogP contribution in [0, 0.1) is 0 Å². The van der Waals surface area contributed by atoms with E-state index in [0.29, 0.717) is 43.3 Å². The van der Waals surface area contributed by atoms with Crippen LogP contribution in [0.5, 0.6) is 5.75 Å². The van der Waals surface area contributed by atoms with Crippen LogP contribution in [0.2, 0.25) is 5.02 Å². The number of alkyl carbamates (subject to hydrolysis) is 1. The van der Waals surface area contributed by atoms with Gasteiger partial charge in [0, 0.05) is 25.0 Å². The molecule has 0 radical (unpaired) electrons. The van der Waals surface area contributed by atoms with Crippen molar-refractivity contribution in [2.45, 2.75) is 39.2 Å². The van der Waals surface area contributed by atoms with Gasteiger partial charge in [-0.2, -0.15) is 0 Å². The smallest absolute Gasteiger partial charge is 0.407 e. The van der Waals surface area contributed by atoms with Crippen molar-refractivity contribution in [3.8, 4) is 5.75 Å². The second-order valence-electron chi connectivity index (χ2n) is 6.65.